The molecule has 3 rings (SSSR count). The summed E-state index contributed by atoms with van der Waals surface area (Å²) in [7, 11) is 0. The summed E-state index contributed by atoms with van der Waals surface area (Å²) < 4.78 is 5.20. The molecule has 1 aromatic carbocycles. The highest BCUT2D eigenvalue weighted by Crippen LogP contribution is 2.35. The smallest absolute Gasteiger partial charge is 0.358 e. The molecule has 2 aromatic rings. The Morgan fingerprint density at radius 1 is 1.41 bits per heavy atom. The van der Waals surface area contributed by atoms with E-state index in [4.69, 9.17) is 9.63 Å². The quantitative estimate of drug-likeness (QED) is 0.815. The summed E-state index contributed by atoms with van der Waals surface area (Å²) in [4.78, 5) is 11.0. The summed E-state index contributed by atoms with van der Waals surface area (Å²) in [6.07, 6.45) is 1.51. The van der Waals surface area contributed by atoms with E-state index < -0.39 is 5.97 Å². The lowest BCUT2D eigenvalue weighted by Crippen LogP contribution is -2.07. The molecule has 1 heterocycles. The van der Waals surface area contributed by atoms with Gasteiger partial charge in [0.1, 0.15) is 0 Å². The Morgan fingerprint density at radius 3 is 3.00 bits per heavy atom. The highest BCUT2D eigenvalue weighted by atomic mass is 16.5. The molecule has 0 aliphatic heterocycles. The number of aryl methyl sites for hydroxylation is 2. The molecule has 17 heavy (non-hydrogen) atoms. The Bertz CT molecular complexity index is 613. The third kappa shape index (κ3) is 1.45. The largest absolute Gasteiger partial charge is 0.476 e. The number of rotatable bonds is 1. The van der Waals surface area contributed by atoms with Crippen LogP contribution in [0.25, 0.3) is 11.3 Å². The van der Waals surface area contributed by atoms with E-state index >= 15 is 0 Å². The maximum absolute atomic E-state index is 11.0. The molecule has 0 fully saturated rings. The zero-order chi connectivity index (χ0) is 12.0. The van der Waals surface area contributed by atoms with Gasteiger partial charge in [-0.3, -0.25) is 0 Å². The van der Waals surface area contributed by atoms with E-state index in [1.165, 1.54) is 5.56 Å². The number of fused-ring (bicyclic) bond motifs is 3. The number of benzene rings is 1. The van der Waals surface area contributed by atoms with Crippen molar-refractivity contribution in [3.05, 3.63) is 40.6 Å². The predicted octanol–water partition coefficient (Wildman–Crippen LogP) is 2.45. The third-order valence-corrected chi connectivity index (χ3v) is 3.15. The summed E-state index contributed by atoms with van der Waals surface area (Å²) in [5.41, 5.74) is 4.06. The Morgan fingerprint density at radius 2 is 2.24 bits per heavy atom. The van der Waals surface area contributed by atoms with Gasteiger partial charge in [0.05, 0.1) is 0 Å². The number of hydrogen-bond donors (Lipinski definition) is 1. The maximum atomic E-state index is 11.0. The zero-order valence-corrected chi connectivity index (χ0v) is 9.36. The minimum Gasteiger partial charge on any atom is -0.476 e. The molecule has 0 radical (unpaired) electrons. The molecule has 0 spiro atoms. The second-order valence-corrected chi connectivity index (χ2v) is 4.30. The number of aromatic carboxylic acids is 1. The van der Waals surface area contributed by atoms with Crippen molar-refractivity contribution in [2.24, 2.45) is 0 Å². The average molecular weight is 229 g/mol. The van der Waals surface area contributed by atoms with E-state index in [-0.39, 0.29) is 5.69 Å². The first kappa shape index (κ1) is 10.1. The summed E-state index contributed by atoms with van der Waals surface area (Å²) in [5, 5.41) is 12.7. The van der Waals surface area contributed by atoms with Crippen LogP contribution >= 0.6 is 0 Å². The lowest BCUT2D eigenvalue weighted by Gasteiger charge is -2.14. The summed E-state index contributed by atoms with van der Waals surface area (Å²) in [6.45, 7) is 2.00. The van der Waals surface area contributed by atoms with Gasteiger partial charge in [-0.2, -0.15) is 0 Å². The van der Waals surface area contributed by atoms with Crippen LogP contribution in [0.4, 0.5) is 0 Å². The average Bonchev–Trinajstić information content (AvgIpc) is 2.72. The van der Waals surface area contributed by atoms with Crippen LogP contribution in [0.1, 0.15) is 27.2 Å². The molecule has 86 valence electrons. The molecule has 1 N–H and O–H groups in total. The first-order valence-corrected chi connectivity index (χ1v) is 5.48. The Labute approximate surface area is 97.9 Å². The van der Waals surface area contributed by atoms with E-state index in [1.54, 1.807) is 0 Å². The van der Waals surface area contributed by atoms with Crippen LogP contribution in [0.5, 0.6) is 0 Å². The van der Waals surface area contributed by atoms with Crippen molar-refractivity contribution < 1.29 is 14.4 Å². The summed E-state index contributed by atoms with van der Waals surface area (Å²) >= 11 is 0. The highest BCUT2D eigenvalue weighted by Gasteiger charge is 2.27. The van der Waals surface area contributed by atoms with Gasteiger partial charge in [-0.1, -0.05) is 22.9 Å². The number of hydrogen-bond acceptors (Lipinski definition) is 3. The van der Waals surface area contributed by atoms with Gasteiger partial charge >= 0.3 is 5.97 Å². The lowest BCUT2D eigenvalue weighted by molar-refractivity contribution is 0.0685. The van der Waals surface area contributed by atoms with E-state index in [2.05, 4.69) is 17.3 Å². The van der Waals surface area contributed by atoms with Gasteiger partial charge in [-0.05, 0) is 31.4 Å². The van der Waals surface area contributed by atoms with E-state index in [0.717, 1.165) is 23.1 Å². The first-order valence-electron chi connectivity index (χ1n) is 5.48. The van der Waals surface area contributed by atoms with Gasteiger partial charge in [0.25, 0.3) is 0 Å². The minimum atomic E-state index is -1.02. The Hall–Kier alpha value is -2.10. The number of nitrogens with zero attached hydrogens (tertiary/aromatic N) is 1. The molecule has 0 atom stereocenters. The van der Waals surface area contributed by atoms with Gasteiger partial charge in [0, 0.05) is 11.1 Å². The van der Waals surface area contributed by atoms with Gasteiger partial charge in [0.2, 0.25) is 0 Å². The van der Waals surface area contributed by atoms with Crippen molar-refractivity contribution in [2.45, 2.75) is 19.8 Å². The first-order chi connectivity index (χ1) is 8.16. The molecule has 0 saturated heterocycles. The molecule has 1 aliphatic rings. The highest BCUT2D eigenvalue weighted by molar-refractivity contribution is 5.89. The van der Waals surface area contributed by atoms with Gasteiger partial charge in [0.15, 0.2) is 11.5 Å². The van der Waals surface area contributed by atoms with Crippen LogP contribution in [0, 0.1) is 6.92 Å². The second-order valence-electron chi connectivity index (χ2n) is 4.30. The fraction of sp³-hybridized carbons (Fsp3) is 0.231. The van der Waals surface area contributed by atoms with Crippen molar-refractivity contribution in [3.63, 3.8) is 0 Å². The Kier molecular flexibility index (Phi) is 2.04. The van der Waals surface area contributed by atoms with Crippen molar-refractivity contribution in [2.75, 3.05) is 0 Å². The van der Waals surface area contributed by atoms with Crippen LogP contribution in [0.3, 0.4) is 0 Å². The normalized spacial score (nSPS) is 13.0. The number of carboxylic acid groups (broad SMARTS) is 1. The number of carboxylic acids is 1. The van der Waals surface area contributed by atoms with Gasteiger partial charge in [-0.25, -0.2) is 4.79 Å². The molecule has 4 nitrogen and oxygen atoms in total. The SMILES string of the molecule is Cc1ccc2c(c1)-c1onc(C(=O)O)c1CC2. The number of aromatic nitrogens is 1. The van der Waals surface area contributed by atoms with Crippen molar-refractivity contribution in [3.8, 4) is 11.3 Å². The van der Waals surface area contributed by atoms with Crippen molar-refractivity contribution in [1.82, 2.24) is 5.16 Å². The standard InChI is InChI=1S/C13H11NO3/c1-7-2-3-8-4-5-9-11(13(15)16)14-17-12(9)10(8)6-7/h2-3,6H,4-5H2,1H3,(H,15,16). The molecular weight excluding hydrogens is 218 g/mol. The van der Waals surface area contributed by atoms with Crippen LogP contribution < -0.4 is 0 Å². The molecular formula is C13H11NO3. The zero-order valence-electron chi connectivity index (χ0n) is 9.36. The van der Waals surface area contributed by atoms with Crippen LogP contribution in [0.2, 0.25) is 0 Å². The van der Waals surface area contributed by atoms with Crippen LogP contribution in [-0.2, 0) is 12.8 Å². The molecule has 1 aliphatic carbocycles. The van der Waals surface area contributed by atoms with Crippen molar-refractivity contribution in [1.29, 1.82) is 0 Å². The predicted molar refractivity (Wildman–Crippen MR) is 61.0 cm³/mol. The second kappa shape index (κ2) is 3.45. The van der Waals surface area contributed by atoms with Gasteiger partial charge in [-0.15, -0.1) is 0 Å². The molecule has 0 amide bonds. The van der Waals surface area contributed by atoms with E-state index in [1.807, 2.05) is 13.0 Å². The lowest BCUT2D eigenvalue weighted by atomic mass is 9.88. The monoisotopic (exact) mass is 229 g/mol. The van der Waals surface area contributed by atoms with E-state index in [9.17, 15) is 4.79 Å². The van der Waals surface area contributed by atoms with Gasteiger partial charge < -0.3 is 9.63 Å². The third-order valence-electron chi connectivity index (χ3n) is 3.15. The van der Waals surface area contributed by atoms with Crippen LogP contribution in [-0.4, -0.2) is 16.2 Å². The number of carbonyl (C=O) groups is 1. The summed E-state index contributed by atoms with van der Waals surface area (Å²) in [6, 6.07) is 6.14. The van der Waals surface area contributed by atoms with Crippen molar-refractivity contribution >= 4 is 5.97 Å². The maximum Gasteiger partial charge on any atom is 0.358 e. The molecule has 1 aromatic heterocycles. The Balaban J connectivity index is 2.23. The van der Waals surface area contributed by atoms with E-state index in [0.29, 0.717) is 12.2 Å². The molecule has 0 unspecified atom stereocenters. The molecule has 4 heteroatoms. The van der Waals surface area contributed by atoms with Crippen LogP contribution in [0.15, 0.2) is 22.7 Å². The molecule has 0 bridgehead atoms. The summed E-state index contributed by atoms with van der Waals surface area (Å²) in [5.74, 6) is -0.404. The minimum absolute atomic E-state index is 0.0483. The fourth-order valence-corrected chi connectivity index (χ4v) is 2.30. The molecule has 0 saturated carbocycles. The fourth-order valence-electron chi connectivity index (χ4n) is 2.30. The topological polar surface area (TPSA) is 63.3 Å².